The molecule has 0 atom stereocenters. The van der Waals surface area contributed by atoms with Crippen molar-refractivity contribution in [3.8, 4) is 5.75 Å². The van der Waals surface area contributed by atoms with Gasteiger partial charge >= 0.3 is 5.97 Å². The highest BCUT2D eigenvalue weighted by Crippen LogP contribution is 2.22. The van der Waals surface area contributed by atoms with Crippen molar-refractivity contribution >= 4 is 29.4 Å². The zero-order valence-corrected chi connectivity index (χ0v) is 12.6. The van der Waals surface area contributed by atoms with Gasteiger partial charge in [0.2, 0.25) is 0 Å². The van der Waals surface area contributed by atoms with E-state index in [0.29, 0.717) is 21.4 Å². The summed E-state index contributed by atoms with van der Waals surface area (Å²) < 4.78 is 10.0. The van der Waals surface area contributed by atoms with E-state index in [9.17, 15) is 14.4 Å². The summed E-state index contributed by atoms with van der Waals surface area (Å²) in [5, 5.41) is 0.889. The molecule has 7 nitrogen and oxygen atoms in total. The molecule has 0 saturated carbocycles. The molecule has 0 N–H and O–H groups in total. The van der Waals surface area contributed by atoms with Crippen LogP contribution in [0.1, 0.15) is 18.4 Å². The van der Waals surface area contributed by atoms with Crippen molar-refractivity contribution in [2.75, 3.05) is 13.9 Å². The molecule has 0 spiro atoms. The average Bonchev–Trinajstić information content (AvgIpc) is 2.76. The summed E-state index contributed by atoms with van der Waals surface area (Å²) in [4.78, 5) is 39.4. The Labute approximate surface area is 131 Å². The van der Waals surface area contributed by atoms with E-state index in [4.69, 9.17) is 25.9 Å². The summed E-state index contributed by atoms with van der Waals surface area (Å²) in [6.45, 7) is 0.0427. The highest BCUT2D eigenvalue weighted by molar-refractivity contribution is 6.30. The van der Waals surface area contributed by atoms with Crippen molar-refractivity contribution < 1.29 is 28.7 Å². The fourth-order valence-corrected chi connectivity index (χ4v) is 2.14. The van der Waals surface area contributed by atoms with E-state index in [-0.39, 0.29) is 26.1 Å². The van der Waals surface area contributed by atoms with Gasteiger partial charge in [-0.25, -0.2) is 4.79 Å². The number of hydrogen-bond acceptors (Lipinski definition) is 6. The van der Waals surface area contributed by atoms with Gasteiger partial charge < -0.3 is 14.3 Å². The highest BCUT2D eigenvalue weighted by atomic mass is 35.5. The lowest BCUT2D eigenvalue weighted by Crippen LogP contribution is -2.32. The van der Waals surface area contributed by atoms with Crippen LogP contribution in [0.2, 0.25) is 5.02 Å². The highest BCUT2D eigenvalue weighted by Gasteiger charge is 2.32. The van der Waals surface area contributed by atoms with Crippen molar-refractivity contribution in [2.24, 2.45) is 0 Å². The van der Waals surface area contributed by atoms with Crippen molar-refractivity contribution in [1.82, 2.24) is 5.06 Å². The molecule has 1 aliphatic heterocycles. The van der Waals surface area contributed by atoms with E-state index in [1.807, 2.05) is 0 Å². The molecule has 0 unspecified atom stereocenters. The largest absolute Gasteiger partial charge is 0.468 e. The van der Waals surface area contributed by atoms with E-state index in [1.54, 1.807) is 18.2 Å². The van der Waals surface area contributed by atoms with Gasteiger partial charge in [-0.05, 0) is 23.8 Å². The molecule has 2 rings (SSSR count). The molecule has 8 heteroatoms. The molecule has 0 radical (unpaired) electrons. The first kappa shape index (κ1) is 16.3. The zero-order chi connectivity index (χ0) is 16.1. The SMILES string of the molecule is COCOc1cc(Cl)cc(CC(=O)ON2C(=O)CCC2=O)c1. The van der Waals surface area contributed by atoms with Gasteiger partial charge in [-0.3, -0.25) is 9.59 Å². The van der Waals surface area contributed by atoms with Gasteiger partial charge in [0.05, 0.1) is 6.42 Å². The standard InChI is InChI=1S/C14H14ClNO6/c1-20-8-21-11-5-9(4-10(15)7-11)6-14(19)22-16-12(17)2-3-13(16)18/h4-5,7H,2-3,6,8H2,1H3. The maximum absolute atomic E-state index is 11.8. The van der Waals surface area contributed by atoms with Gasteiger partial charge in [0, 0.05) is 25.0 Å². The number of carbonyl (C=O) groups is 3. The summed E-state index contributed by atoms with van der Waals surface area (Å²) in [5.41, 5.74) is 0.530. The Balaban J connectivity index is 2.00. The molecule has 1 aromatic carbocycles. The first-order valence-electron chi connectivity index (χ1n) is 6.47. The minimum Gasteiger partial charge on any atom is -0.468 e. The minimum atomic E-state index is -0.733. The number of amides is 2. The van der Waals surface area contributed by atoms with Crippen molar-refractivity contribution in [2.45, 2.75) is 19.3 Å². The lowest BCUT2D eigenvalue weighted by Gasteiger charge is -2.13. The van der Waals surface area contributed by atoms with Gasteiger partial charge in [-0.1, -0.05) is 11.6 Å². The summed E-state index contributed by atoms with van der Waals surface area (Å²) in [5.74, 6) is -1.34. The number of ether oxygens (including phenoxy) is 2. The number of carbonyl (C=O) groups excluding carboxylic acids is 3. The minimum absolute atomic E-state index is 0.0427. The first-order chi connectivity index (χ1) is 10.5. The fourth-order valence-electron chi connectivity index (χ4n) is 1.89. The van der Waals surface area contributed by atoms with Crippen LogP contribution in [0.25, 0.3) is 0 Å². The Bertz CT molecular complexity index is 587. The van der Waals surface area contributed by atoms with E-state index < -0.39 is 17.8 Å². The number of methoxy groups -OCH3 is 1. The zero-order valence-electron chi connectivity index (χ0n) is 11.8. The molecule has 1 aliphatic rings. The van der Waals surface area contributed by atoms with Crippen LogP contribution >= 0.6 is 11.6 Å². The third-order valence-electron chi connectivity index (χ3n) is 2.82. The average molecular weight is 328 g/mol. The number of hydrogen-bond donors (Lipinski definition) is 0. The molecule has 1 fully saturated rings. The molecule has 0 bridgehead atoms. The molecule has 118 valence electrons. The quantitative estimate of drug-likeness (QED) is 0.581. The molecule has 2 amide bonds. The van der Waals surface area contributed by atoms with E-state index >= 15 is 0 Å². The maximum Gasteiger partial charge on any atom is 0.337 e. The Morgan fingerprint density at radius 3 is 2.55 bits per heavy atom. The molecular weight excluding hydrogens is 314 g/mol. The van der Waals surface area contributed by atoms with Gasteiger partial charge in [0.15, 0.2) is 6.79 Å². The second-order valence-corrected chi connectivity index (χ2v) is 5.00. The van der Waals surface area contributed by atoms with Crippen LogP contribution in [0.15, 0.2) is 18.2 Å². The van der Waals surface area contributed by atoms with Crippen molar-refractivity contribution in [1.29, 1.82) is 0 Å². The molecule has 1 aromatic rings. The third kappa shape index (κ3) is 4.19. The number of nitrogens with zero attached hydrogens (tertiary/aromatic N) is 1. The number of imide groups is 1. The van der Waals surface area contributed by atoms with Crippen LogP contribution in [-0.2, 0) is 30.4 Å². The van der Waals surface area contributed by atoms with Crippen molar-refractivity contribution in [3.63, 3.8) is 0 Å². The van der Waals surface area contributed by atoms with Gasteiger partial charge in [0.1, 0.15) is 5.75 Å². The molecule has 1 heterocycles. The summed E-state index contributed by atoms with van der Waals surface area (Å²) >= 11 is 5.94. The Kier molecular flexibility index (Phi) is 5.35. The van der Waals surface area contributed by atoms with E-state index in [1.165, 1.54) is 7.11 Å². The predicted molar refractivity (Wildman–Crippen MR) is 74.8 cm³/mol. The second kappa shape index (κ2) is 7.24. The van der Waals surface area contributed by atoms with Crippen LogP contribution in [0.3, 0.4) is 0 Å². The number of hydroxylamine groups is 2. The van der Waals surface area contributed by atoms with Crippen LogP contribution in [0.4, 0.5) is 0 Å². The lowest BCUT2D eigenvalue weighted by atomic mass is 10.1. The first-order valence-corrected chi connectivity index (χ1v) is 6.85. The summed E-state index contributed by atoms with van der Waals surface area (Å²) in [7, 11) is 1.48. The molecule has 0 aromatic heterocycles. The van der Waals surface area contributed by atoms with Crippen LogP contribution in [0, 0.1) is 0 Å². The Morgan fingerprint density at radius 1 is 1.23 bits per heavy atom. The summed E-state index contributed by atoms with van der Waals surface area (Å²) in [6.07, 6.45) is -0.0441. The van der Waals surface area contributed by atoms with Gasteiger partial charge in [0.25, 0.3) is 11.8 Å². The van der Waals surface area contributed by atoms with Crippen LogP contribution in [-0.4, -0.2) is 36.7 Å². The summed E-state index contributed by atoms with van der Waals surface area (Å²) in [6, 6.07) is 4.73. The molecular formula is C14H14ClNO6. The normalized spacial score (nSPS) is 14.4. The molecule has 0 aliphatic carbocycles. The second-order valence-electron chi connectivity index (χ2n) is 4.57. The molecule has 22 heavy (non-hydrogen) atoms. The Morgan fingerprint density at radius 2 is 1.91 bits per heavy atom. The Hall–Kier alpha value is -2.12. The number of rotatable bonds is 6. The number of benzene rings is 1. The topological polar surface area (TPSA) is 82.1 Å². The van der Waals surface area contributed by atoms with Crippen molar-refractivity contribution in [3.05, 3.63) is 28.8 Å². The predicted octanol–water partition coefficient (Wildman–Crippen LogP) is 1.47. The van der Waals surface area contributed by atoms with E-state index in [0.717, 1.165) is 0 Å². The lowest BCUT2D eigenvalue weighted by molar-refractivity contribution is -0.197. The smallest absolute Gasteiger partial charge is 0.337 e. The third-order valence-corrected chi connectivity index (χ3v) is 3.04. The van der Waals surface area contributed by atoms with E-state index in [2.05, 4.69) is 0 Å². The monoisotopic (exact) mass is 327 g/mol. The van der Waals surface area contributed by atoms with Crippen LogP contribution in [0.5, 0.6) is 5.75 Å². The van der Waals surface area contributed by atoms with Crippen LogP contribution < -0.4 is 4.74 Å². The maximum atomic E-state index is 11.8. The molecule has 1 saturated heterocycles. The number of halogens is 1. The van der Waals surface area contributed by atoms with Gasteiger partial charge in [-0.15, -0.1) is 5.06 Å². The fraction of sp³-hybridized carbons (Fsp3) is 0.357. The van der Waals surface area contributed by atoms with Gasteiger partial charge in [-0.2, -0.15) is 0 Å².